The van der Waals surface area contributed by atoms with Gasteiger partial charge in [-0.2, -0.15) is 0 Å². The van der Waals surface area contributed by atoms with E-state index in [0.717, 1.165) is 12.1 Å². The van der Waals surface area contributed by atoms with E-state index in [1.807, 2.05) is 0 Å². The number of nitrogens with zero attached hydrogens (tertiary/aromatic N) is 2. The summed E-state index contributed by atoms with van der Waals surface area (Å²) in [5.41, 5.74) is 9.39. The summed E-state index contributed by atoms with van der Waals surface area (Å²) < 4.78 is 2.26. The van der Waals surface area contributed by atoms with Crippen LogP contribution in [0.2, 0.25) is 0 Å². The normalized spacial score (nSPS) is 15.9. The number of hydrogen-bond acceptors (Lipinski definition) is 2. The first-order chi connectivity index (χ1) is 7.81. The van der Waals surface area contributed by atoms with Gasteiger partial charge in [0.05, 0.1) is 11.2 Å². The Balaban J connectivity index is 2.22. The van der Waals surface area contributed by atoms with Gasteiger partial charge in [-0.25, -0.2) is 4.98 Å². The maximum atomic E-state index is 5.65. The molecule has 3 nitrogen and oxygen atoms in total. The van der Waals surface area contributed by atoms with Crippen LogP contribution in [0.15, 0.2) is 18.3 Å². The third-order valence-electron chi connectivity index (χ3n) is 3.31. The molecule has 0 atom stereocenters. The van der Waals surface area contributed by atoms with Crippen molar-refractivity contribution in [2.45, 2.75) is 32.1 Å². The van der Waals surface area contributed by atoms with Gasteiger partial charge in [-0.3, -0.25) is 0 Å². The third-order valence-corrected chi connectivity index (χ3v) is 3.31. The zero-order valence-corrected chi connectivity index (χ0v) is 9.61. The molecule has 0 radical (unpaired) electrons. The molecule has 0 amide bonds. The third kappa shape index (κ3) is 1.43. The zero-order chi connectivity index (χ0) is 11.1. The zero-order valence-electron chi connectivity index (χ0n) is 9.61. The highest BCUT2D eigenvalue weighted by atomic mass is 15.0. The van der Waals surface area contributed by atoms with E-state index < -0.39 is 0 Å². The summed E-state index contributed by atoms with van der Waals surface area (Å²) in [5, 5.41) is 0. The average molecular weight is 215 g/mol. The van der Waals surface area contributed by atoms with Gasteiger partial charge in [-0.05, 0) is 44.4 Å². The first-order valence-corrected chi connectivity index (χ1v) is 5.97. The minimum absolute atomic E-state index is 0.689. The number of fused-ring (bicyclic) bond motifs is 1. The lowest BCUT2D eigenvalue weighted by Gasteiger charge is -2.04. The van der Waals surface area contributed by atoms with Crippen molar-refractivity contribution in [2.24, 2.45) is 5.73 Å². The Morgan fingerprint density at radius 3 is 3.00 bits per heavy atom. The van der Waals surface area contributed by atoms with E-state index in [-0.39, 0.29) is 0 Å². The first-order valence-electron chi connectivity index (χ1n) is 5.97. The summed E-state index contributed by atoms with van der Waals surface area (Å²) in [5.74, 6) is 1.93. The first kappa shape index (κ1) is 9.85. The van der Waals surface area contributed by atoms with Crippen molar-refractivity contribution >= 4 is 5.52 Å². The predicted molar refractivity (Wildman–Crippen MR) is 64.7 cm³/mol. The minimum Gasteiger partial charge on any atom is -0.330 e. The Labute approximate surface area is 95.3 Å². The molecule has 1 aliphatic rings. The Bertz CT molecular complexity index is 523. The number of pyridine rings is 1. The molecule has 1 fully saturated rings. The fourth-order valence-corrected chi connectivity index (χ4v) is 2.42. The molecular weight excluding hydrogens is 198 g/mol. The highest BCUT2D eigenvalue weighted by Gasteiger charge is 2.28. The Hall–Kier alpha value is -1.35. The van der Waals surface area contributed by atoms with Gasteiger partial charge in [0.15, 0.2) is 0 Å². The van der Waals surface area contributed by atoms with Gasteiger partial charge in [0.1, 0.15) is 5.82 Å². The predicted octanol–water partition coefficient (Wildman–Crippen LogP) is 2.02. The van der Waals surface area contributed by atoms with E-state index in [4.69, 9.17) is 10.7 Å². The Morgan fingerprint density at radius 2 is 2.31 bits per heavy atom. The molecule has 0 unspecified atom stereocenters. The second-order valence-corrected chi connectivity index (χ2v) is 4.62. The van der Waals surface area contributed by atoms with E-state index in [9.17, 15) is 0 Å². The molecule has 1 aliphatic carbocycles. The molecule has 2 N–H and O–H groups in total. The molecular formula is C13H17N3. The standard InChI is InChI=1S/C13H17N3/c1-9-12-10(6-7-14)3-2-8-16(12)13(15-9)11-4-5-11/h2-3,8,11H,4-7,14H2,1H3. The van der Waals surface area contributed by atoms with Crippen LogP contribution in [0.5, 0.6) is 0 Å². The smallest absolute Gasteiger partial charge is 0.116 e. The van der Waals surface area contributed by atoms with E-state index in [0.29, 0.717) is 12.5 Å². The summed E-state index contributed by atoms with van der Waals surface area (Å²) in [6, 6.07) is 4.26. The highest BCUT2D eigenvalue weighted by molar-refractivity contribution is 5.60. The monoisotopic (exact) mass is 215 g/mol. The largest absolute Gasteiger partial charge is 0.330 e. The molecule has 0 bridgehead atoms. The Morgan fingerprint density at radius 1 is 1.50 bits per heavy atom. The van der Waals surface area contributed by atoms with Crippen molar-refractivity contribution in [1.82, 2.24) is 9.38 Å². The molecule has 0 saturated heterocycles. The quantitative estimate of drug-likeness (QED) is 0.851. The summed E-state index contributed by atoms with van der Waals surface area (Å²) in [4.78, 5) is 4.72. The van der Waals surface area contributed by atoms with Crippen molar-refractivity contribution in [3.63, 3.8) is 0 Å². The average Bonchev–Trinajstić information content (AvgIpc) is 3.05. The maximum Gasteiger partial charge on any atom is 0.116 e. The second kappa shape index (κ2) is 3.59. The van der Waals surface area contributed by atoms with Crippen LogP contribution in [0.4, 0.5) is 0 Å². The molecule has 0 aliphatic heterocycles. The molecule has 1 saturated carbocycles. The van der Waals surface area contributed by atoms with Crippen LogP contribution in [0.25, 0.3) is 5.52 Å². The molecule has 3 heteroatoms. The fourth-order valence-electron chi connectivity index (χ4n) is 2.42. The molecule has 2 heterocycles. The van der Waals surface area contributed by atoms with Gasteiger partial charge >= 0.3 is 0 Å². The molecule has 2 aromatic heterocycles. The van der Waals surface area contributed by atoms with E-state index in [1.165, 1.54) is 29.7 Å². The molecule has 16 heavy (non-hydrogen) atoms. The van der Waals surface area contributed by atoms with Gasteiger partial charge < -0.3 is 10.1 Å². The van der Waals surface area contributed by atoms with Crippen molar-refractivity contribution in [3.8, 4) is 0 Å². The lowest BCUT2D eigenvalue weighted by Crippen LogP contribution is -2.04. The van der Waals surface area contributed by atoms with Crippen molar-refractivity contribution in [1.29, 1.82) is 0 Å². The van der Waals surface area contributed by atoms with E-state index >= 15 is 0 Å². The summed E-state index contributed by atoms with van der Waals surface area (Å²) in [6.45, 7) is 2.80. The lowest BCUT2D eigenvalue weighted by atomic mass is 10.1. The van der Waals surface area contributed by atoms with Crippen molar-refractivity contribution in [3.05, 3.63) is 35.4 Å². The summed E-state index contributed by atoms with van der Waals surface area (Å²) in [6.07, 6.45) is 5.64. The van der Waals surface area contributed by atoms with Gasteiger partial charge in [-0.15, -0.1) is 0 Å². The van der Waals surface area contributed by atoms with Crippen LogP contribution in [-0.2, 0) is 6.42 Å². The fraction of sp³-hybridized carbons (Fsp3) is 0.462. The van der Waals surface area contributed by atoms with Crippen LogP contribution < -0.4 is 5.73 Å². The van der Waals surface area contributed by atoms with Crippen LogP contribution in [0.3, 0.4) is 0 Å². The van der Waals surface area contributed by atoms with Crippen LogP contribution in [0.1, 0.15) is 35.8 Å². The van der Waals surface area contributed by atoms with Crippen LogP contribution >= 0.6 is 0 Å². The topological polar surface area (TPSA) is 43.3 Å². The Kier molecular flexibility index (Phi) is 2.21. The molecule has 3 rings (SSSR count). The number of aryl methyl sites for hydroxylation is 1. The number of nitrogens with two attached hydrogens (primary N) is 1. The van der Waals surface area contributed by atoms with Gasteiger partial charge in [0.25, 0.3) is 0 Å². The molecule has 2 aromatic rings. The molecule has 0 spiro atoms. The summed E-state index contributed by atoms with van der Waals surface area (Å²) in [7, 11) is 0. The number of imidazole rings is 1. The van der Waals surface area contributed by atoms with E-state index in [2.05, 4.69) is 29.7 Å². The second-order valence-electron chi connectivity index (χ2n) is 4.62. The minimum atomic E-state index is 0.689. The van der Waals surface area contributed by atoms with Gasteiger partial charge in [0.2, 0.25) is 0 Å². The molecule has 84 valence electrons. The van der Waals surface area contributed by atoms with Gasteiger partial charge in [0, 0.05) is 12.1 Å². The highest BCUT2D eigenvalue weighted by Crippen LogP contribution is 2.40. The van der Waals surface area contributed by atoms with Gasteiger partial charge in [-0.1, -0.05) is 6.07 Å². The number of hydrogen-bond donors (Lipinski definition) is 1. The van der Waals surface area contributed by atoms with Crippen molar-refractivity contribution in [2.75, 3.05) is 6.54 Å². The number of rotatable bonds is 3. The van der Waals surface area contributed by atoms with Crippen LogP contribution in [-0.4, -0.2) is 15.9 Å². The molecule has 0 aromatic carbocycles. The van der Waals surface area contributed by atoms with E-state index in [1.54, 1.807) is 0 Å². The SMILES string of the molecule is Cc1nc(C2CC2)n2cccc(CCN)c12. The van der Waals surface area contributed by atoms with Crippen LogP contribution in [0, 0.1) is 6.92 Å². The lowest BCUT2D eigenvalue weighted by molar-refractivity contribution is 0.907. The maximum absolute atomic E-state index is 5.65. The number of aromatic nitrogens is 2. The van der Waals surface area contributed by atoms with Crippen molar-refractivity contribution < 1.29 is 0 Å². The summed E-state index contributed by atoms with van der Waals surface area (Å²) >= 11 is 0.